The normalized spacial score (nSPS) is 15.4. The number of rotatable bonds is 4. The molecule has 9 nitrogen and oxygen atoms in total. The van der Waals surface area contributed by atoms with Gasteiger partial charge < -0.3 is 19.3 Å². The molecule has 2 aromatic carbocycles. The molecule has 1 fully saturated rings. The first kappa shape index (κ1) is 19.7. The van der Waals surface area contributed by atoms with Gasteiger partial charge in [0.25, 0.3) is 0 Å². The van der Waals surface area contributed by atoms with Crippen LogP contribution in [0.25, 0.3) is 5.65 Å². The fourth-order valence-electron chi connectivity index (χ4n) is 4.41. The molecule has 0 N–H and O–H groups in total. The van der Waals surface area contributed by atoms with Crippen LogP contribution in [0, 0.1) is 6.92 Å². The Morgan fingerprint density at radius 3 is 2.52 bits per heavy atom. The summed E-state index contributed by atoms with van der Waals surface area (Å²) in [6.07, 6.45) is 3.34. The van der Waals surface area contributed by atoms with Crippen molar-refractivity contribution in [3.63, 3.8) is 0 Å². The van der Waals surface area contributed by atoms with E-state index in [2.05, 4.69) is 51.1 Å². The second-order valence-corrected chi connectivity index (χ2v) is 8.38. The van der Waals surface area contributed by atoms with Crippen LogP contribution in [-0.2, 0) is 6.54 Å². The van der Waals surface area contributed by atoms with E-state index in [1.54, 1.807) is 16.8 Å². The SMILES string of the molecule is Cc1ccc(N2CCN(c3nccn4c(=O)n(Cc5ccc6c(c5)OCO6)nc34)CC2)cc1. The van der Waals surface area contributed by atoms with E-state index in [4.69, 9.17) is 9.47 Å². The van der Waals surface area contributed by atoms with E-state index in [0.717, 1.165) is 43.3 Å². The smallest absolute Gasteiger partial charge is 0.350 e. The number of fused-ring (bicyclic) bond motifs is 2. The van der Waals surface area contributed by atoms with Gasteiger partial charge in [-0.05, 0) is 36.8 Å². The summed E-state index contributed by atoms with van der Waals surface area (Å²) in [6, 6.07) is 14.3. The van der Waals surface area contributed by atoms with E-state index >= 15 is 0 Å². The van der Waals surface area contributed by atoms with Gasteiger partial charge in [0, 0.05) is 44.3 Å². The summed E-state index contributed by atoms with van der Waals surface area (Å²) in [5.74, 6) is 2.15. The lowest BCUT2D eigenvalue weighted by Gasteiger charge is -2.36. The number of benzene rings is 2. The van der Waals surface area contributed by atoms with E-state index in [1.165, 1.54) is 15.9 Å². The Morgan fingerprint density at radius 1 is 0.939 bits per heavy atom. The highest BCUT2D eigenvalue weighted by Crippen LogP contribution is 2.32. The predicted octanol–water partition coefficient (Wildman–Crippen LogP) is 2.30. The lowest BCUT2D eigenvalue weighted by Crippen LogP contribution is -2.47. The maximum Gasteiger partial charge on any atom is 0.350 e. The van der Waals surface area contributed by atoms with Crippen molar-refractivity contribution in [2.75, 3.05) is 42.8 Å². The van der Waals surface area contributed by atoms with E-state index in [1.807, 2.05) is 18.2 Å². The number of aromatic nitrogens is 4. The quantitative estimate of drug-likeness (QED) is 0.478. The molecular formula is C24H24N6O3. The minimum absolute atomic E-state index is 0.190. The average molecular weight is 444 g/mol. The highest BCUT2D eigenvalue weighted by atomic mass is 16.7. The van der Waals surface area contributed by atoms with Gasteiger partial charge >= 0.3 is 5.69 Å². The first-order chi connectivity index (χ1) is 16.2. The van der Waals surface area contributed by atoms with Crippen LogP contribution in [0.15, 0.2) is 59.7 Å². The standard InChI is InChI=1S/C24H24N6O3/c1-17-2-5-19(6-3-17)27-10-12-28(13-11-27)22-23-26-30(24(31)29(23)9-8-25-22)15-18-4-7-20-21(14-18)33-16-32-20/h2-9,14H,10-13,15-16H2,1H3. The van der Waals surface area contributed by atoms with Gasteiger partial charge in [-0.15, -0.1) is 5.10 Å². The van der Waals surface area contributed by atoms with E-state index in [-0.39, 0.29) is 12.5 Å². The fraction of sp³-hybridized carbons (Fsp3) is 0.292. The summed E-state index contributed by atoms with van der Waals surface area (Å²) >= 11 is 0. The third-order valence-electron chi connectivity index (χ3n) is 6.23. The summed E-state index contributed by atoms with van der Waals surface area (Å²) in [6.45, 7) is 6.05. The van der Waals surface area contributed by atoms with Crippen molar-refractivity contribution in [3.05, 3.63) is 76.5 Å². The first-order valence-electron chi connectivity index (χ1n) is 11.0. The summed E-state index contributed by atoms with van der Waals surface area (Å²) in [5, 5.41) is 4.64. The second-order valence-electron chi connectivity index (χ2n) is 8.38. The largest absolute Gasteiger partial charge is 0.454 e. The summed E-state index contributed by atoms with van der Waals surface area (Å²) < 4.78 is 13.9. The average Bonchev–Trinajstić information content (AvgIpc) is 3.44. The van der Waals surface area contributed by atoms with Crippen molar-refractivity contribution in [3.8, 4) is 11.5 Å². The summed E-state index contributed by atoms with van der Waals surface area (Å²) in [4.78, 5) is 22.2. The zero-order valence-corrected chi connectivity index (χ0v) is 18.3. The van der Waals surface area contributed by atoms with E-state index < -0.39 is 0 Å². The maximum atomic E-state index is 13.0. The van der Waals surface area contributed by atoms with Crippen LogP contribution < -0.4 is 25.0 Å². The van der Waals surface area contributed by atoms with Crippen molar-refractivity contribution >= 4 is 17.2 Å². The molecule has 0 aliphatic carbocycles. The zero-order chi connectivity index (χ0) is 22.4. The van der Waals surface area contributed by atoms with Crippen LogP contribution >= 0.6 is 0 Å². The van der Waals surface area contributed by atoms with Crippen LogP contribution in [0.2, 0.25) is 0 Å². The van der Waals surface area contributed by atoms with Gasteiger partial charge in [-0.3, -0.25) is 0 Å². The monoisotopic (exact) mass is 444 g/mol. The molecule has 0 bridgehead atoms. The fourth-order valence-corrected chi connectivity index (χ4v) is 4.41. The number of anilines is 2. The molecule has 0 spiro atoms. The van der Waals surface area contributed by atoms with Crippen LogP contribution in [-0.4, -0.2) is 52.1 Å². The van der Waals surface area contributed by atoms with Crippen molar-refractivity contribution in [1.29, 1.82) is 0 Å². The molecule has 0 saturated carbocycles. The van der Waals surface area contributed by atoms with Crippen LogP contribution in [0.3, 0.4) is 0 Å². The highest BCUT2D eigenvalue weighted by Gasteiger charge is 2.22. The molecule has 0 atom stereocenters. The summed E-state index contributed by atoms with van der Waals surface area (Å²) in [7, 11) is 0. The lowest BCUT2D eigenvalue weighted by atomic mass is 10.2. The molecule has 6 rings (SSSR count). The molecule has 0 radical (unpaired) electrons. The molecule has 0 amide bonds. The highest BCUT2D eigenvalue weighted by molar-refractivity contribution is 5.64. The molecule has 9 heteroatoms. The molecule has 33 heavy (non-hydrogen) atoms. The maximum absolute atomic E-state index is 13.0. The number of hydrogen-bond acceptors (Lipinski definition) is 7. The van der Waals surface area contributed by atoms with Gasteiger partial charge in [0.1, 0.15) is 0 Å². The van der Waals surface area contributed by atoms with Gasteiger partial charge in [0.15, 0.2) is 17.3 Å². The van der Waals surface area contributed by atoms with E-state index in [9.17, 15) is 4.79 Å². The molecule has 2 aromatic heterocycles. The second kappa shape index (κ2) is 7.84. The van der Waals surface area contributed by atoms with Crippen molar-refractivity contribution in [2.45, 2.75) is 13.5 Å². The van der Waals surface area contributed by atoms with Crippen molar-refractivity contribution in [2.24, 2.45) is 0 Å². The Bertz CT molecular complexity index is 1370. The van der Waals surface area contributed by atoms with Crippen LogP contribution in [0.4, 0.5) is 11.5 Å². The number of hydrogen-bond donors (Lipinski definition) is 0. The van der Waals surface area contributed by atoms with Crippen molar-refractivity contribution in [1.82, 2.24) is 19.2 Å². The zero-order valence-electron chi connectivity index (χ0n) is 18.3. The molecule has 168 valence electrons. The van der Waals surface area contributed by atoms with Crippen LogP contribution in [0.1, 0.15) is 11.1 Å². The first-order valence-corrected chi connectivity index (χ1v) is 11.0. The molecule has 0 unspecified atom stereocenters. The molecular weight excluding hydrogens is 420 g/mol. The van der Waals surface area contributed by atoms with Crippen LogP contribution in [0.5, 0.6) is 11.5 Å². The molecule has 4 heterocycles. The molecule has 2 aliphatic rings. The number of nitrogens with zero attached hydrogens (tertiary/aromatic N) is 6. The van der Waals surface area contributed by atoms with Gasteiger partial charge in [-0.25, -0.2) is 18.9 Å². The lowest BCUT2D eigenvalue weighted by molar-refractivity contribution is 0.174. The third kappa shape index (κ3) is 3.55. The Labute approximate surface area is 190 Å². The Morgan fingerprint density at radius 2 is 1.70 bits per heavy atom. The van der Waals surface area contributed by atoms with Gasteiger partial charge in [0.2, 0.25) is 12.4 Å². The van der Waals surface area contributed by atoms with E-state index in [0.29, 0.717) is 17.9 Å². The molecule has 2 aliphatic heterocycles. The Kier molecular flexibility index (Phi) is 4.67. The Balaban J connectivity index is 1.25. The molecule has 4 aromatic rings. The predicted molar refractivity (Wildman–Crippen MR) is 125 cm³/mol. The minimum Gasteiger partial charge on any atom is -0.454 e. The summed E-state index contributed by atoms with van der Waals surface area (Å²) in [5.41, 5.74) is 3.80. The minimum atomic E-state index is -0.190. The number of ether oxygens (including phenoxy) is 2. The number of piperazine rings is 1. The molecule has 1 saturated heterocycles. The topological polar surface area (TPSA) is 77.1 Å². The van der Waals surface area contributed by atoms with Gasteiger partial charge in [-0.2, -0.15) is 0 Å². The third-order valence-corrected chi connectivity index (χ3v) is 6.23. The van der Waals surface area contributed by atoms with Crippen molar-refractivity contribution < 1.29 is 9.47 Å². The van der Waals surface area contributed by atoms with Gasteiger partial charge in [0.05, 0.1) is 6.54 Å². The number of aryl methyl sites for hydroxylation is 1. The van der Waals surface area contributed by atoms with Gasteiger partial charge in [-0.1, -0.05) is 23.8 Å². The Hall–Kier alpha value is -4.01.